The van der Waals surface area contributed by atoms with E-state index in [9.17, 15) is 0 Å². The summed E-state index contributed by atoms with van der Waals surface area (Å²) in [6.07, 6.45) is 0. The van der Waals surface area contributed by atoms with E-state index in [1.165, 1.54) is 4.90 Å². The van der Waals surface area contributed by atoms with Gasteiger partial charge in [-0.2, -0.15) is 0 Å². The van der Waals surface area contributed by atoms with Crippen molar-refractivity contribution in [1.82, 2.24) is 4.98 Å². The van der Waals surface area contributed by atoms with Crippen LogP contribution < -0.4 is 5.73 Å². The van der Waals surface area contributed by atoms with Gasteiger partial charge in [0.15, 0.2) is 0 Å². The SMILES string of the molecule is CC(C)Sc1cc2ccc(N)cc2nc1SC(C)C. The molecule has 2 nitrogen and oxygen atoms in total. The second-order valence-corrected chi connectivity index (χ2v) is 8.26. The number of pyridine rings is 1. The Bertz CT molecular complexity index is 580. The molecular weight excluding hydrogens is 272 g/mol. The van der Waals surface area contributed by atoms with Gasteiger partial charge in [-0.1, -0.05) is 33.8 Å². The van der Waals surface area contributed by atoms with E-state index in [4.69, 9.17) is 10.7 Å². The number of nitrogens with zero attached hydrogens (tertiary/aromatic N) is 1. The number of anilines is 1. The summed E-state index contributed by atoms with van der Waals surface area (Å²) in [6.45, 7) is 8.81. The zero-order valence-electron chi connectivity index (χ0n) is 11.8. The number of nitrogens with two attached hydrogens (primary N) is 1. The van der Waals surface area contributed by atoms with Crippen molar-refractivity contribution in [2.45, 2.75) is 48.1 Å². The molecule has 0 fully saturated rings. The maximum Gasteiger partial charge on any atom is 0.111 e. The smallest absolute Gasteiger partial charge is 0.111 e. The Morgan fingerprint density at radius 3 is 2.32 bits per heavy atom. The van der Waals surface area contributed by atoms with Crippen molar-refractivity contribution in [2.24, 2.45) is 0 Å². The largest absolute Gasteiger partial charge is 0.399 e. The molecule has 4 heteroatoms. The van der Waals surface area contributed by atoms with Crippen molar-refractivity contribution in [3.05, 3.63) is 24.3 Å². The molecule has 0 atom stereocenters. The standard InChI is InChI=1S/C15H20N2S2/c1-9(2)18-14-7-11-5-6-12(16)8-13(11)17-15(14)19-10(3)4/h5-10H,16H2,1-4H3. The molecule has 0 saturated carbocycles. The fraction of sp³-hybridized carbons (Fsp3) is 0.400. The van der Waals surface area contributed by atoms with Gasteiger partial charge >= 0.3 is 0 Å². The summed E-state index contributed by atoms with van der Waals surface area (Å²) in [5.74, 6) is 0. The van der Waals surface area contributed by atoms with Crippen molar-refractivity contribution in [3.8, 4) is 0 Å². The summed E-state index contributed by atoms with van der Waals surface area (Å²) in [6, 6.07) is 8.16. The molecule has 2 aromatic rings. The number of benzene rings is 1. The Morgan fingerprint density at radius 1 is 1.00 bits per heavy atom. The summed E-state index contributed by atoms with van der Waals surface area (Å²) < 4.78 is 0. The van der Waals surface area contributed by atoms with Crippen LogP contribution in [0, 0.1) is 0 Å². The van der Waals surface area contributed by atoms with Gasteiger partial charge in [-0.3, -0.25) is 0 Å². The van der Waals surface area contributed by atoms with E-state index in [-0.39, 0.29) is 0 Å². The fourth-order valence-corrected chi connectivity index (χ4v) is 3.70. The van der Waals surface area contributed by atoms with E-state index in [2.05, 4.69) is 33.8 Å². The Kier molecular flexibility index (Phi) is 4.63. The Labute approximate surface area is 123 Å². The van der Waals surface area contributed by atoms with Gasteiger partial charge in [0.05, 0.1) is 5.52 Å². The lowest BCUT2D eigenvalue weighted by Crippen LogP contribution is -1.96. The molecule has 1 aromatic carbocycles. The average Bonchev–Trinajstić information content (AvgIpc) is 2.28. The number of rotatable bonds is 4. The predicted octanol–water partition coefficient (Wildman–Crippen LogP) is 4.82. The van der Waals surface area contributed by atoms with Crippen LogP contribution in [0.1, 0.15) is 27.7 Å². The molecule has 2 rings (SSSR count). The van der Waals surface area contributed by atoms with Crippen molar-refractivity contribution < 1.29 is 0 Å². The molecule has 1 aromatic heterocycles. The quantitative estimate of drug-likeness (QED) is 0.648. The molecule has 0 bridgehead atoms. The highest BCUT2D eigenvalue weighted by Crippen LogP contribution is 2.36. The van der Waals surface area contributed by atoms with E-state index in [0.29, 0.717) is 10.5 Å². The minimum Gasteiger partial charge on any atom is -0.399 e. The van der Waals surface area contributed by atoms with Crippen LogP contribution in [0.4, 0.5) is 5.69 Å². The number of hydrogen-bond donors (Lipinski definition) is 1. The number of nitrogen functional groups attached to an aromatic ring is 1. The van der Waals surface area contributed by atoms with Crippen LogP contribution >= 0.6 is 23.5 Å². The van der Waals surface area contributed by atoms with Gasteiger partial charge in [0, 0.05) is 26.5 Å². The molecule has 0 aliphatic carbocycles. The van der Waals surface area contributed by atoms with Gasteiger partial charge in [0.25, 0.3) is 0 Å². The maximum atomic E-state index is 5.84. The average molecular weight is 292 g/mol. The third-order valence-electron chi connectivity index (χ3n) is 2.48. The Balaban J connectivity index is 2.52. The maximum absolute atomic E-state index is 5.84. The van der Waals surface area contributed by atoms with E-state index in [1.54, 1.807) is 0 Å². The highest BCUT2D eigenvalue weighted by atomic mass is 32.2. The predicted molar refractivity (Wildman–Crippen MR) is 88.1 cm³/mol. The Hall–Kier alpha value is -0.870. The summed E-state index contributed by atoms with van der Waals surface area (Å²) >= 11 is 3.69. The second-order valence-electron chi connectivity index (χ2n) is 5.08. The molecule has 0 aliphatic rings. The van der Waals surface area contributed by atoms with Crippen molar-refractivity contribution in [2.75, 3.05) is 5.73 Å². The van der Waals surface area contributed by atoms with Gasteiger partial charge in [0.1, 0.15) is 5.03 Å². The van der Waals surface area contributed by atoms with Crippen LogP contribution in [-0.4, -0.2) is 15.5 Å². The van der Waals surface area contributed by atoms with Crippen molar-refractivity contribution >= 4 is 40.1 Å². The van der Waals surface area contributed by atoms with Gasteiger partial charge in [-0.25, -0.2) is 4.98 Å². The van der Waals surface area contributed by atoms with Crippen LogP contribution in [0.2, 0.25) is 0 Å². The molecular formula is C15H20N2S2. The molecule has 0 unspecified atom stereocenters. The summed E-state index contributed by atoms with van der Waals surface area (Å²) in [7, 11) is 0. The molecule has 0 amide bonds. The minimum absolute atomic E-state index is 0.525. The third kappa shape index (κ3) is 3.80. The van der Waals surface area contributed by atoms with E-state index in [0.717, 1.165) is 21.6 Å². The van der Waals surface area contributed by atoms with Crippen LogP contribution in [0.5, 0.6) is 0 Å². The van der Waals surface area contributed by atoms with E-state index in [1.807, 2.05) is 41.7 Å². The topological polar surface area (TPSA) is 38.9 Å². The van der Waals surface area contributed by atoms with Crippen molar-refractivity contribution in [3.63, 3.8) is 0 Å². The lowest BCUT2D eigenvalue weighted by atomic mass is 10.2. The molecule has 19 heavy (non-hydrogen) atoms. The first kappa shape index (κ1) is 14.5. The monoisotopic (exact) mass is 292 g/mol. The first-order valence-corrected chi connectivity index (χ1v) is 8.25. The molecule has 0 radical (unpaired) electrons. The third-order valence-corrected chi connectivity index (χ3v) is 4.66. The minimum atomic E-state index is 0.525. The molecule has 0 aliphatic heterocycles. The van der Waals surface area contributed by atoms with Crippen LogP contribution in [0.15, 0.2) is 34.2 Å². The number of hydrogen-bond acceptors (Lipinski definition) is 4. The summed E-state index contributed by atoms with van der Waals surface area (Å²) in [5.41, 5.74) is 7.59. The zero-order chi connectivity index (χ0) is 14.0. The van der Waals surface area contributed by atoms with Crippen LogP contribution in [0.3, 0.4) is 0 Å². The molecule has 2 N–H and O–H groups in total. The van der Waals surface area contributed by atoms with Crippen molar-refractivity contribution in [1.29, 1.82) is 0 Å². The lowest BCUT2D eigenvalue weighted by Gasteiger charge is -2.13. The molecule has 102 valence electrons. The summed E-state index contributed by atoms with van der Waals surface area (Å²) in [4.78, 5) is 6.06. The summed E-state index contributed by atoms with van der Waals surface area (Å²) in [5, 5.41) is 3.36. The van der Waals surface area contributed by atoms with Crippen LogP contribution in [0.25, 0.3) is 10.9 Å². The molecule has 0 spiro atoms. The van der Waals surface area contributed by atoms with Gasteiger partial charge in [0.2, 0.25) is 0 Å². The van der Waals surface area contributed by atoms with E-state index < -0.39 is 0 Å². The van der Waals surface area contributed by atoms with Gasteiger partial charge in [-0.05, 0) is 18.2 Å². The number of fused-ring (bicyclic) bond motifs is 1. The molecule has 1 heterocycles. The highest BCUT2D eigenvalue weighted by molar-refractivity contribution is 8.02. The fourth-order valence-electron chi connectivity index (χ4n) is 1.79. The number of thioether (sulfide) groups is 2. The number of aromatic nitrogens is 1. The zero-order valence-corrected chi connectivity index (χ0v) is 13.4. The van der Waals surface area contributed by atoms with Gasteiger partial charge in [-0.15, -0.1) is 23.5 Å². The first-order chi connectivity index (χ1) is 8.95. The van der Waals surface area contributed by atoms with E-state index >= 15 is 0 Å². The Morgan fingerprint density at radius 2 is 1.68 bits per heavy atom. The lowest BCUT2D eigenvalue weighted by molar-refractivity contribution is 1.03. The second kappa shape index (κ2) is 6.06. The van der Waals surface area contributed by atoms with Gasteiger partial charge < -0.3 is 5.73 Å². The first-order valence-electron chi connectivity index (χ1n) is 6.49. The highest BCUT2D eigenvalue weighted by Gasteiger charge is 2.11. The van der Waals surface area contributed by atoms with Crippen LogP contribution in [-0.2, 0) is 0 Å². The molecule has 0 saturated heterocycles. The normalized spacial score (nSPS) is 11.7.